The molecule has 0 aliphatic heterocycles. The minimum absolute atomic E-state index is 0.214. The average molecular weight is 269 g/mol. The second-order valence-corrected chi connectivity index (χ2v) is 7.32. The summed E-state index contributed by atoms with van der Waals surface area (Å²) in [7, 11) is 0. The van der Waals surface area contributed by atoms with E-state index in [1.54, 1.807) is 0 Å². The number of carbonyl (C=O) groups excluding carboxylic acids is 1. The molecule has 19 heavy (non-hydrogen) atoms. The number of hydrogen-bond acceptors (Lipinski definition) is 3. The summed E-state index contributed by atoms with van der Waals surface area (Å²) in [6.07, 6.45) is 4.26. The molecule has 0 aromatic rings. The van der Waals surface area contributed by atoms with Gasteiger partial charge < -0.3 is 15.2 Å². The van der Waals surface area contributed by atoms with Crippen LogP contribution in [0.15, 0.2) is 0 Å². The Labute approximate surface area is 115 Å². The Kier molecular flexibility index (Phi) is 3.83. The summed E-state index contributed by atoms with van der Waals surface area (Å²) in [5.74, 6) is 1.12. The van der Waals surface area contributed by atoms with Gasteiger partial charge in [0.1, 0.15) is 5.60 Å². The highest BCUT2D eigenvalue weighted by molar-refractivity contribution is 5.68. The molecule has 4 heteroatoms. The van der Waals surface area contributed by atoms with E-state index in [0.717, 1.165) is 32.1 Å². The second-order valence-electron chi connectivity index (χ2n) is 7.32. The molecule has 1 amide bonds. The van der Waals surface area contributed by atoms with E-state index >= 15 is 0 Å². The molecule has 110 valence electrons. The van der Waals surface area contributed by atoms with E-state index < -0.39 is 11.2 Å². The Balaban J connectivity index is 1.81. The van der Waals surface area contributed by atoms with Crippen molar-refractivity contribution in [2.45, 2.75) is 77.0 Å². The van der Waals surface area contributed by atoms with Gasteiger partial charge in [-0.05, 0) is 64.7 Å². The van der Waals surface area contributed by atoms with Crippen molar-refractivity contribution in [3.63, 3.8) is 0 Å². The fourth-order valence-electron chi connectivity index (χ4n) is 3.65. The molecule has 2 aliphatic carbocycles. The van der Waals surface area contributed by atoms with Crippen molar-refractivity contribution in [3.8, 4) is 0 Å². The third-order valence-corrected chi connectivity index (χ3v) is 4.50. The molecule has 0 heterocycles. The highest BCUT2D eigenvalue weighted by Crippen LogP contribution is 2.49. The summed E-state index contributed by atoms with van der Waals surface area (Å²) in [5.41, 5.74) is -0.896. The molecule has 0 bridgehead atoms. The van der Waals surface area contributed by atoms with Crippen molar-refractivity contribution in [2.24, 2.45) is 11.8 Å². The normalized spacial score (nSPS) is 38.1. The third kappa shape index (κ3) is 3.62. The average Bonchev–Trinajstić information content (AvgIpc) is 2.69. The SMILES string of the molecule is CC[C@@]1(O)C[C@H]2CC(NC(=O)OC(C)(C)C)C[C@H]2C1. The molecule has 0 radical (unpaired) electrons. The summed E-state index contributed by atoms with van der Waals surface area (Å²) in [6.45, 7) is 7.67. The Bertz CT molecular complexity index is 334. The van der Waals surface area contributed by atoms with Gasteiger partial charge in [-0.1, -0.05) is 6.92 Å². The van der Waals surface area contributed by atoms with Crippen LogP contribution in [-0.2, 0) is 4.74 Å². The molecule has 2 fully saturated rings. The van der Waals surface area contributed by atoms with Crippen LogP contribution in [0.1, 0.15) is 59.8 Å². The zero-order valence-corrected chi connectivity index (χ0v) is 12.5. The number of carbonyl (C=O) groups is 1. The van der Waals surface area contributed by atoms with Crippen LogP contribution >= 0.6 is 0 Å². The Morgan fingerprint density at radius 3 is 2.26 bits per heavy atom. The van der Waals surface area contributed by atoms with Crippen molar-refractivity contribution in [1.29, 1.82) is 0 Å². The smallest absolute Gasteiger partial charge is 0.407 e. The molecule has 4 nitrogen and oxygen atoms in total. The van der Waals surface area contributed by atoms with Crippen LogP contribution in [-0.4, -0.2) is 28.4 Å². The molecule has 4 atom stereocenters. The Hall–Kier alpha value is -0.770. The maximum atomic E-state index is 11.7. The Morgan fingerprint density at radius 1 is 1.32 bits per heavy atom. The third-order valence-electron chi connectivity index (χ3n) is 4.50. The summed E-state index contributed by atoms with van der Waals surface area (Å²) < 4.78 is 5.28. The van der Waals surface area contributed by atoms with Crippen molar-refractivity contribution in [3.05, 3.63) is 0 Å². The van der Waals surface area contributed by atoms with E-state index in [2.05, 4.69) is 12.2 Å². The van der Waals surface area contributed by atoms with Crippen LogP contribution in [0.25, 0.3) is 0 Å². The largest absolute Gasteiger partial charge is 0.444 e. The van der Waals surface area contributed by atoms with Crippen LogP contribution in [0.4, 0.5) is 4.79 Å². The minimum Gasteiger partial charge on any atom is -0.444 e. The maximum Gasteiger partial charge on any atom is 0.407 e. The molecule has 2 rings (SSSR count). The lowest BCUT2D eigenvalue weighted by Gasteiger charge is -2.24. The van der Waals surface area contributed by atoms with Gasteiger partial charge in [0.25, 0.3) is 0 Å². The van der Waals surface area contributed by atoms with Crippen LogP contribution < -0.4 is 5.32 Å². The number of fused-ring (bicyclic) bond motifs is 1. The lowest BCUT2D eigenvalue weighted by Crippen LogP contribution is -2.38. The molecule has 0 saturated heterocycles. The van der Waals surface area contributed by atoms with E-state index in [9.17, 15) is 9.90 Å². The first-order valence-corrected chi connectivity index (χ1v) is 7.43. The molecular weight excluding hydrogens is 242 g/mol. The molecule has 0 aromatic heterocycles. The van der Waals surface area contributed by atoms with Crippen molar-refractivity contribution < 1.29 is 14.6 Å². The van der Waals surface area contributed by atoms with Gasteiger partial charge in [-0.3, -0.25) is 0 Å². The standard InChI is InChI=1S/C15H27NO3/c1-5-15(18)8-10-6-12(7-11(10)9-15)16-13(17)19-14(2,3)4/h10-12,18H,5-9H2,1-4H3,(H,16,17)/t10-,11+,12?,15-. The number of ether oxygens (including phenoxy) is 1. The van der Waals surface area contributed by atoms with Gasteiger partial charge in [0.15, 0.2) is 0 Å². The van der Waals surface area contributed by atoms with Crippen LogP contribution in [0.5, 0.6) is 0 Å². The predicted molar refractivity (Wildman–Crippen MR) is 73.8 cm³/mol. The van der Waals surface area contributed by atoms with Crippen LogP contribution in [0.3, 0.4) is 0 Å². The summed E-state index contributed by atoms with van der Waals surface area (Å²) in [5, 5.41) is 13.3. The molecule has 2 N–H and O–H groups in total. The number of amides is 1. The minimum atomic E-state index is -0.452. The molecule has 1 unspecified atom stereocenters. The van der Waals surface area contributed by atoms with Crippen LogP contribution in [0, 0.1) is 11.8 Å². The van der Waals surface area contributed by atoms with Crippen molar-refractivity contribution in [2.75, 3.05) is 0 Å². The van der Waals surface area contributed by atoms with Crippen molar-refractivity contribution in [1.82, 2.24) is 5.32 Å². The summed E-state index contributed by atoms with van der Waals surface area (Å²) >= 11 is 0. The first-order chi connectivity index (χ1) is 8.71. The fraction of sp³-hybridized carbons (Fsp3) is 0.933. The Morgan fingerprint density at radius 2 is 1.84 bits per heavy atom. The number of rotatable bonds is 2. The van der Waals surface area contributed by atoms with Crippen LogP contribution in [0.2, 0.25) is 0 Å². The highest BCUT2D eigenvalue weighted by Gasteiger charge is 2.48. The van der Waals surface area contributed by atoms with Gasteiger partial charge in [-0.25, -0.2) is 4.79 Å². The zero-order valence-electron chi connectivity index (χ0n) is 12.5. The van der Waals surface area contributed by atoms with Gasteiger partial charge in [-0.15, -0.1) is 0 Å². The first kappa shape index (κ1) is 14.6. The highest BCUT2D eigenvalue weighted by atomic mass is 16.6. The predicted octanol–water partition coefficient (Wildman–Crippen LogP) is 2.84. The summed E-state index contributed by atoms with van der Waals surface area (Å²) in [4.78, 5) is 11.7. The lowest BCUT2D eigenvalue weighted by molar-refractivity contribution is 0.0330. The number of hydrogen-bond donors (Lipinski definition) is 2. The lowest BCUT2D eigenvalue weighted by atomic mass is 9.94. The molecule has 0 aromatic carbocycles. The van der Waals surface area contributed by atoms with E-state index in [-0.39, 0.29) is 12.1 Å². The molecule has 0 spiro atoms. The topological polar surface area (TPSA) is 58.6 Å². The quantitative estimate of drug-likeness (QED) is 0.810. The van der Waals surface area contributed by atoms with Gasteiger partial charge in [0, 0.05) is 6.04 Å². The zero-order chi connectivity index (χ0) is 14.3. The van der Waals surface area contributed by atoms with Gasteiger partial charge in [-0.2, -0.15) is 0 Å². The molecule has 2 saturated carbocycles. The van der Waals surface area contributed by atoms with E-state index in [4.69, 9.17) is 4.74 Å². The first-order valence-electron chi connectivity index (χ1n) is 7.43. The van der Waals surface area contributed by atoms with E-state index in [0.29, 0.717) is 11.8 Å². The number of aliphatic hydroxyl groups is 1. The second kappa shape index (κ2) is 4.97. The van der Waals surface area contributed by atoms with E-state index in [1.807, 2.05) is 20.8 Å². The van der Waals surface area contributed by atoms with Gasteiger partial charge in [0.2, 0.25) is 0 Å². The van der Waals surface area contributed by atoms with Gasteiger partial charge in [0.05, 0.1) is 5.60 Å². The van der Waals surface area contributed by atoms with Gasteiger partial charge >= 0.3 is 6.09 Å². The van der Waals surface area contributed by atoms with Crippen molar-refractivity contribution >= 4 is 6.09 Å². The monoisotopic (exact) mass is 269 g/mol. The maximum absolute atomic E-state index is 11.7. The number of alkyl carbamates (subject to hydrolysis) is 1. The molecular formula is C15H27NO3. The fourth-order valence-corrected chi connectivity index (χ4v) is 3.65. The number of nitrogens with one attached hydrogen (secondary N) is 1. The van der Waals surface area contributed by atoms with E-state index in [1.165, 1.54) is 0 Å². The summed E-state index contributed by atoms with van der Waals surface area (Å²) in [6, 6.07) is 0.214. The molecule has 2 aliphatic rings.